The molecular weight excluding hydrogens is 426 g/mol. The highest BCUT2D eigenvalue weighted by Gasteiger charge is 2.27. The molecule has 0 atom stereocenters. The van der Waals surface area contributed by atoms with Gasteiger partial charge in [0.05, 0.1) is 21.6 Å². The van der Waals surface area contributed by atoms with Crippen molar-refractivity contribution in [3.63, 3.8) is 0 Å². The fraction of sp³-hybridized carbons (Fsp3) is 0.304. The number of nitrogens with one attached hydrogen (secondary N) is 2. The van der Waals surface area contributed by atoms with Crippen LogP contribution in [0.5, 0.6) is 0 Å². The predicted octanol–water partition coefficient (Wildman–Crippen LogP) is 3.97. The molecule has 0 unspecified atom stereocenters. The summed E-state index contributed by atoms with van der Waals surface area (Å²) in [5.41, 5.74) is 3.44. The average Bonchev–Trinajstić information content (AvgIpc) is 3.39. The largest absolute Gasteiger partial charge is 0.343 e. The van der Waals surface area contributed by atoms with Gasteiger partial charge in [0.25, 0.3) is 5.91 Å². The van der Waals surface area contributed by atoms with Crippen molar-refractivity contribution in [1.29, 1.82) is 0 Å². The van der Waals surface area contributed by atoms with Gasteiger partial charge >= 0.3 is 0 Å². The van der Waals surface area contributed by atoms with Gasteiger partial charge in [0, 0.05) is 31.4 Å². The lowest BCUT2D eigenvalue weighted by Gasteiger charge is -2.33. The Bertz CT molecular complexity index is 1200. The number of para-hydroxylation sites is 1. The number of carbonyl (C=O) groups excluding carboxylic acids is 3. The molecule has 0 radical (unpaired) electrons. The third-order valence-corrected chi connectivity index (χ3v) is 6.62. The van der Waals surface area contributed by atoms with Crippen LogP contribution in [0, 0.1) is 6.92 Å². The SMILES string of the molecule is C=CC(=O)Nc1csc(C(=O)Nc2nc3cccc(C)c3n2C2CCN(C(C)=O)CC2)c1. The molecule has 3 aromatic rings. The highest BCUT2D eigenvalue weighted by molar-refractivity contribution is 7.12. The molecular formula is C23H25N5O3S. The molecule has 32 heavy (non-hydrogen) atoms. The summed E-state index contributed by atoms with van der Waals surface area (Å²) in [6.45, 7) is 8.41. The van der Waals surface area contributed by atoms with Crippen molar-refractivity contribution in [2.75, 3.05) is 23.7 Å². The highest BCUT2D eigenvalue weighted by Crippen LogP contribution is 2.33. The molecule has 3 amide bonds. The van der Waals surface area contributed by atoms with Gasteiger partial charge in [0.15, 0.2) is 0 Å². The zero-order valence-electron chi connectivity index (χ0n) is 18.1. The number of aryl methyl sites for hydroxylation is 1. The first kappa shape index (κ1) is 21.8. The maximum absolute atomic E-state index is 13.0. The number of anilines is 2. The van der Waals surface area contributed by atoms with Crippen LogP contribution in [0.2, 0.25) is 0 Å². The van der Waals surface area contributed by atoms with Gasteiger partial charge in [-0.1, -0.05) is 18.7 Å². The van der Waals surface area contributed by atoms with Gasteiger partial charge in [0.2, 0.25) is 17.8 Å². The number of imidazole rings is 1. The van der Waals surface area contributed by atoms with Crippen LogP contribution in [-0.2, 0) is 9.59 Å². The molecule has 166 valence electrons. The number of nitrogens with zero attached hydrogens (tertiary/aromatic N) is 3. The number of hydrogen-bond donors (Lipinski definition) is 2. The minimum absolute atomic E-state index is 0.0840. The lowest BCUT2D eigenvalue weighted by atomic mass is 10.0. The van der Waals surface area contributed by atoms with E-state index in [4.69, 9.17) is 4.98 Å². The summed E-state index contributed by atoms with van der Waals surface area (Å²) in [5.74, 6) is -0.0419. The quantitative estimate of drug-likeness (QED) is 0.574. The standard InChI is InChI=1S/C23H25N5O3S/c1-4-20(30)24-16-12-19(32-13-16)22(31)26-23-25-18-7-5-6-14(2)21(18)28(23)17-8-10-27(11-9-17)15(3)29/h4-7,12-13,17H,1,8-11H2,2-3H3,(H,24,30)(H,25,26,31). The van der Waals surface area contributed by atoms with Gasteiger partial charge < -0.3 is 14.8 Å². The minimum atomic E-state index is -0.330. The fourth-order valence-electron chi connectivity index (χ4n) is 4.08. The van der Waals surface area contributed by atoms with Gasteiger partial charge in [-0.3, -0.25) is 19.7 Å². The van der Waals surface area contributed by atoms with E-state index in [0.717, 1.165) is 29.4 Å². The maximum Gasteiger partial charge on any atom is 0.268 e. The van der Waals surface area contributed by atoms with Crippen LogP contribution in [0.1, 0.15) is 41.0 Å². The van der Waals surface area contributed by atoms with Crippen molar-refractivity contribution in [2.45, 2.75) is 32.7 Å². The molecule has 1 aromatic carbocycles. The van der Waals surface area contributed by atoms with Gasteiger partial charge in [-0.25, -0.2) is 4.98 Å². The molecule has 2 aromatic heterocycles. The number of benzene rings is 1. The van der Waals surface area contributed by atoms with Crippen LogP contribution < -0.4 is 10.6 Å². The molecule has 1 aliphatic heterocycles. The van der Waals surface area contributed by atoms with Crippen molar-refractivity contribution >= 4 is 51.7 Å². The van der Waals surface area contributed by atoms with E-state index in [1.165, 1.54) is 17.4 Å². The maximum atomic E-state index is 13.0. The highest BCUT2D eigenvalue weighted by atomic mass is 32.1. The van der Waals surface area contributed by atoms with E-state index in [-0.39, 0.29) is 23.8 Å². The summed E-state index contributed by atoms with van der Waals surface area (Å²) in [6.07, 6.45) is 2.76. The second kappa shape index (κ2) is 8.96. The topological polar surface area (TPSA) is 96.3 Å². The molecule has 4 rings (SSSR count). The Hall–Kier alpha value is -3.46. The van der Waals surface area contributed by atoms with Crippen molar-refractivity contribution in [2.24, 2.45) is 0 Å². The van der Waals surface area contributed by atoms with Crippen molar-refractivity contribution in [3.8, 4) is 0 Å². The fourth-order valence-corrected chi connectivity index (χ4v) is 4.81. The Morgan fingerprint density at radius 1 is 1.22 bits per heavy atom. The molecule has 0 bridgehead atoms. The first-order chi connectivity index (χ1) is 15.4. The third-order valence-electron chi connectivity index (χ3n) is 5.69. The molecule has 2 N–H and O–H groups in total. The zero-order valence-corrected chi connectivity index (χ0v) is 18.9. The number of thiophene rings is 1. The van der Waals surface area contributed by atoms with E-state index in [0.29, 0.717) is 29.6 Å². The van der Waals surface area contributed by atoms with E-state index in [9.17, 15) is 14.4 Å². The van der Waals surface area contributed by atoms with Crippen molar-refractivity contribution in [3.05, 3.63) is 52.7 Å². The summed E-state index contributed by atoms with van der Waals surface area (Å²) in [4.78, 5) is 43.2. The Morgan fingerprint density at radius 3 is 2.66 bits per heavy atom. The normalized spacial score (nSPS) is 14.4. The summed E-state index contributed by atoms with van der Waals surface area (Å²) < 4.78 is 2.11. The smallest absolute Gasteiger partial charge is 0.268 e. The van der Waals surface area contributed by atoms with Crippen LogP contribution in [0.4, 0.5) is 11.6 Å². The summed E-state index contributed by atoms with van der Waals surface area (Å²) in [5, 5.41) is 7.33. The van der Waals surface area contributed by atoms with Crippen LogP contribution >= 0.6 is 11.3 Å². The molecule has 8 nitrogen and oxygen atoms in total. The first-order valence-corrected chi connectivity index (χ1v) is 11.3. The van der Waals surface area contributed by atoms with Crippen LogP contribution in [0.15, 0.2) is 42.3 Å². The second-order valence-electron chi connectivity index (χ2n) is 7.83. The van der Waals surface area contributed by atoms with Crippen LogP contribution in [0.3, 0.4) is 0 Å². The lowest BCUT2D eigenvalue weighted by Crippen LogP contribution is -2.38. The monoisotopic (exact) mass is 451 g/mol. The molecule has 3 heterocycles. The van der Waals surface area contributed by atoms with E-state index in [1.54, 1.807) is 18.4 Å². The Balaban J connectivity index is 1.63. The number of fused-ring (bicyclic) bond motifs is 1. The number of aromatic nitrogens is 2. The van der Waals surface area contributed by atoms with Crippen molar-refractivity contribution in [1.82, 2.24) is 14.5 Å². The molecule has 1 fully saturated rings. The Morgan fingerprint density at radius 2 is 1.97 bits per heavy atom. The van der Waals surface area contributed by atoms with Gasteiger partial charge in [-0.15, -0.1) is 11.3 Å². The molecule has 0 spiro atoms. The van der Waals surface area contributed by atoms with Gasteiger partial charge in [-0.2, -0.15) is 0 Å². The van der Waals surface area contributed by atoms with Crippen molar-refractivity contribution < 1.29 is 14.4 Å². The molecule has 9 heteroatoms. The molecule has 1 saturated heterocycles. The van der Waals surface area contributed by atoms with Crippen LogP contribution in [-0.4, -0.2) is 45.3 Å². The summed E-state index contributed by atoms with van der Waals surface area (Å²) in [6, 6.07) is 7.67. The van der Waals surface area contributed by atoms with E-state index < -0.39 is 0 Å². The Kier molecular flexibility index (Phi) is 6.09. The number of piperidine rings is 1. The third kappa shape index (κ3) is 4.29. The predicted molar refractivity (Wildman–Crippen MR) is 126 cm³/mol. The minimum Gasteiger partial charge on any atom is -0.343 e. The van der Waals surface area contributed by atoms with E-state index in [2.05, 4.69) is 21.8 Å². The average molecular weight is 452 g/mol. The number of carbonyl (C=O) groups is 3. The van der Waals surface area contributed by atoms with Crippen LogP contribution in [0.25, 0.3) is 11.0 Å². The Labute approximate surface area is 189 Å². The summed E-state index contributed by atoms with van der Waals surface area (Å²) >= 11 is 1.24. The van der Waals surface area contributed by atoms with Gasteiger partial charge in [0.1, 0.15) is 0 Å². The van der Waals surface area contributed by atoms with Gasteiger partial charge in [-0.05, 0) is 43.5 Å². The molecule has 0 aliphatic carbocycles. The number of hydrogen-bond acceptors (Lipinski definition) is 5. The van der Waals surface area contributed by atoms with E-state index >= 15 is 0 Å². The number of rotatable bonds is 5. The number of likely N-dealkylation sites (tertiary alicyclic amines) is 1. The molecule has 0 saturated carbocycles. The first-order valence-electron chi connectivity index (χ1n) is 10.4. The zero-order chi connectivity index (χ0) is 22.8. The van der Waals surface area contributed by atoms with E-state index in [1.807, 2.05) is 30.0 Å². The second-order valence-corrected chi connectivity index (χ2v) is 8.74. The molecule has 1 aliphatic rings. The number of amides is 3. The summed E-state index contributed by atoms with van der Waals surface area (Å²) in [7, 11) is 0. The lowest BCUT2D eigenvalue weighted by molar-refractivity contribution is -0.130.